The summed E-state index contributed by atoms with van der Waals surface area (Å²) < 4.78 is 5.30. The van der Waals surface area contributed by atoms with Crippen molar-refractivity contribution in [3.05, 3.63) is 0 Å². The molecule has 3 nitrogen and oxygen atoms in total. The Kier molecular flexibility index (Phi) is 4.89. The highest BCUT2D eigenvalue weighted by Gasteiger charge is 2.24. The Balaban J connectivity index is 2.25. The number of amides is 1. The number of hydrogen-bond acceptors (Lipinski definition) is 2. The fraction of sp³-hybridized carbons (Fsp3) is 0.900. The van der Waals surface area contributed by atoms with E-state index in [0.29, 0.717) is 4.83 Å². The van der Waals surface area contributed by atoms with Crippen LogP contribution in [0.4, 0.5) is 0 Å². The first kappa shape index (κ1) is 12.0. The molecule has 0 bridgehead atoms. The number of nitrogens with one attached hydrogen (secondary N) is 1. The minimum absolute atomic E-state index is 0.0446. The molecular formula is C10H18BrNO2. The molecule has 1 aliphatic heterocycles. The molecule has 0 aliphatic carbocycles. The van der Waals surface area contributed by atoms with E-state index in [1.54, 1.807) is 0 Å². The molecule has 0 radical (unpaired) electrons. The van der Waals surface area contributed by atoms with Crippen molar-refractivity contribution in [2.24, 2.45) is 0 Å². The minimum Gasteiger partial charge on any atom is -0.368 e. The maximum absolute atomic E-state index is 11.6. The molecule has 1 fully saturated rings. The highest BCUT2D eigenvalue weighted by Crippen LogP contribution is 2.13. The molecule has 1 saturated heterocycles. The van der Waals surface area contributed by atoms with Crippen LogP contribution in [0.2, 0.25) is 0 Å². The fourth-order valence-electron chi connectivity index (χ4n) is 1.67. The van der Waals surface area contributed by atoms with Crippen LogP contribution < -0.4 is 5.32 Å². The molecule has 0 aromatic carbocycles. The summed E-state index contributed by atoms with van der Waals surface area (Å²) in [4.78, 5) is 12.0. The highest BCUT2D eigenvalue weighted by atomic mass is 79.9. The molecule has 3 unspecified atom stereocenters. The van der Waals surface area contributed by atoms with E-state index < -0.39 is 0 Å². The molecule has 0 spiro atoms. The van der Waals surface area contributed by atoms with Gasteiger partial charge in [0.25, 0.3) is 0 Å². The molecule has 0 aromatic heterocycles. The third-order valence-corrected chi connectivity index (χ3v) is 2.66. The number of halogens is 1. The molecular weight excluding hydrogens is 246 g/mol. The molecule has 82 valence electrons. The van der Waals surface area contributed by atoms with Gasteiger partial charge in [0.15, 0.2) is 0 Å². The van der Waals surface area contributed by atoms with Crippen LogP contribution in [0.3, 0.4) is 0 Å². The summed E-state index contributed by atoms with van der Waals surface area (Å²) >= 11 is 3.47. The van der Waals surface area contributed by atoms with E-state index in [1.165, 1.54) is 0 Å². The van der Waals surface area contributed by atoms with Gasteiger partial charge in [0.05, 0.1) is 0 Å². The molecule has 1 amide bonds. The number of carbonyl (C=O) groups is 1. The Bertz CT molecular complexity index is 191. The van der Waals surface area contributed by atoms with Crippen molar-refractivity contribution >= 4 is 21.8 Å². The van der Waals surface area contributed by atoms with E-state index in [0.717, 1.165) is 25.9 Å². The lowest BCUT2D eigenvalue weighted by molar-refractivity contribution is -0.130. The summed E-state index contributed by atoms with van der Waals surface area (Å²) in [5.74, 6) is 0.0446. The van der Waals surface area contributed by atoms with Crippen LogP contribution in [0.15, 0.2) is 0 Å². The Morgan fingerprint density at radius 2 is 2.36 bits per heavy atom. The van der Waals surface area contributed by atoms with Gasteiger partial charge in [-0.1, -0.05) is 22.9 Å². The van der Waals surface area contributed by atoms with Crippen LogP contribution in [0.1, 0.15) is 33.1 Å². The largest absolute Gasteiger partial charge is 0.368 e. The predicted molar refractivity (Wildman–Crippen MR) is 59.6 cm³/mol. The van der Waals surface area contributed by atoms with Gasteiger partial charge >= 0.3 is 0 Å². The summed E-state index contributed by atoms with van der Waals surface area (Å²) in [6.45, 7) is 4.82. The van der Waals surface area contributed by atoms with Crippen LogP contribution in [-0.4, -0.2) is 29.5 Å². The van der Waals surface area contributed by atoms with E-state index in [1.807, 2.05) is 6.92 Å². The number of rotatable bonds is 4. The molecule has 1 N–H and O–H groups in total. The van der Waals surface area contributed by atoms with E-state index in [2.05, 4.69) is 28.2 Å². The van der Waals surface area contributed by atoms with Crippen molar-refractivity contribution in [2.75, 3.05) is 6.61 Å². The monoisotopic (exact) mass is 263 g/mol. The second-order valence-corrected chi connectivity index (χ2v) is 5.49. The molecule has 0 aromatic rings. The zero-order valence-electron chi connectivity index (χ0n) is 8.75. The predicted octanol–water partition coefficient (Wildman–Crippen LogP) is 1.84. The zero-order valence-corrected chi connectivity index (χ0v) is 10.3. The lowest BCUT2D eigenvalue weighted by Crippen LogP contribution is -2.40. The fourth-order valence-corrected chi connectivity index (χ4v) is 2.23. The number of hydrogen-bond donors (Lipinski definition) is 1. The van der Waals surface area contributed by atoms with E-state index in [-0.39, 0.29) is 18.1 Å². The molecule has 1 aliphatic rings. The average molecular weight is 264 g/mol. The number of alkyl halides is 1. The van der Waals surface area contributed by atoms with Crippen LogP contribution in [-0.2, 0) is 9.53 Å². The minimum atomic E-state index is -0.205. The quantitative estimate of drug-likeness (QED) is 0.787. The standard InChI is InChI=1S/C10H18BrNO2/c1-7(11)6-8(2)12-10(13)9-4-3-5-14-9/h7-9H,3-6H2,1-2H3,(H,12,13). The second-order valence-electron chi connectivity index (χ2n) is 3.93. The molecule has 1 rings (SSSR count). The topological polar surface area (TPSA) is 38.3 Å². The third kappa shape index (κ3) is 3.96. The maximum Gasteiger partial charge on any atom is 0.249 e. The van der Waals surface area contributed by atoms with Crippen molar-refractivity contribution in [2.45, 2.75) is 50.1 Å². The van der Waals surface area contributed by atoms with Crippen LogP contribution in [0.5, 0.6) is 0 Å². The lowest BCUT2D eigenvalue weighted by atomic mass is 10.1. The van der Waals surface area contributed by atoms with Crippen LogP contribution in [0.25, 0.3) is 0 Å². The summed E-state index contributed by atoms with van der Waals surface area (Å²) in [6.07, 6.45) is 2.60. The number of ether oxygens (including phenoxy) is 1. The van der Waals surface area contributed by atoms with Gasteiger partial charge in [0.2, 0.25) is 5.91 Å². The van der Waals surface area contributed by atoms with Crippen molar-refractivity contribution in [1.82, 2.24) is 5.32 Å². The first-order chi connectivity index (χ1) is 6.59. The second kappa shape index (κ2) is 5.71. The van der Waals surface area contributed by atoms with Crippen molar-refractivity contribution in [3.8, 4) is 0 Å². The van der Waals surface area contributed by atoms with Crippen LogP contribution in [0, 0.1) is 0 Å². The average Bonchev–Trinajstić information content (AvgIpc) is 2.53. The van der Waals surface area contributed by atoms with Gasteiger partial charge in [-0.3, -0.25) is 4.79 Å². The molecule has 4 heteroatoms. The summed E-state index contributed by atoms with van der Waals surface area (Å²) in [5, 5.41) is 2.96. The van der Waals surface area contributed by atoms with E-state index in [4.69, 9.17) is 4.74 Å². The Hall–Kier alpha value is -0.0900. The van der Waals surface area contributed by atoms with Crippen molar-refractivity contribution in [3.63, 3.8) is 0 Å². The molecule has 3 atom stereocenters. The van der Waals surface area contributed by atoms with Crippen LogP contribution >= 0.6 is 15.9 Å². The normalized spacial score (nSPS) is 25.8. The first-order valence-electron chi connectivity index (χ1n) is 5.15. The Morgan fingerprint density at radius 3 is 2.86 bits per heavy atom. The summed E-state index contributed by atoms with van der Waals surface area (Å²) in [7, 11) is 0. The maximum atomic E-state index is 11.6. The van der Waals surface area contributed by atoms with E-state index >= 15 is 0 Å². The van der Waals surface area contributed by atoms with Gasteiger partial charge in [-0.15, -0.1) is 0 Å². The van der Waals surface area contributed by atoms with Gasteiger partial charge in [-0.05, 0) is 26.2 Å². The van der Waals surface area contributed by atoms with Gasteiger partial charge in [0.1, 0.15) is 6.10 Å². The highest BCUT2D eigenvalue weighted by molar-refractivity contribution is 9.09. The van der Waals surface area contributed by atoms with E-state index in [9.17, 15) is 4.79 Å². The van der Waals surface area contributed by atoms with Gasteiger partial charge < -0.3 is 10.1 Å². The van der Waals surface area contributed by atoms with Gasteiger partial charge in [-0.2, -0.15) is 0 Å². The van der Waals surface area contributed by atoms with Gasteiger partial charge in [-0.25, -0.2) is 0 Å². The Labute approximate surface area is 93.7 Å². The SMILES string of the molecule is CC(Br)CC(C)NC(=O)C1CCCO1. The van der Waals surface area contributed by atoms with Crippen molar-refractivity contribution in [1.29, 1.82) is 0 Å². The smallest absolute Gasteiger partial charge is 0.249 e. The summed E-state index contributed by atoms with van der Waals surface area (Å²) in [5.41, 5.74) is 0. The Morgan fingerprint density at radius 1 is 1.64 bits per heavy atom. The third-order valence-electron chi connectivity index (χ3n) is 2.29. The van der Waals surface area contributed by atoms with Crippen molar-refractivity contribution < 1.29 is 9.53 Å². The van der Waals surface area contributed by atoms with Gasteiger partial charge in [0, 0.05) is 17.5 Å². The first-order valence-corrected chi connectivity index (χ1v) is 6.07. The molecule has 14 heavy (non-hydrogen) atoms. The zero-order chi connectivity index (χ0) is 10.6. The number of carbonyl (C=O) groups excluding carboxylic acids is 1. The lowest BCUT2D eigenvalue weighted by Gasteiger charge is -2.17. The summed E-state index contributed by atoms with van der Waals surface area (Å²) in [6, 6.07) is 0.209. The molecule has 0 saturated carbocycles. The molecule has 1 heterocycles.